The minimum absolute atomic E-state index is 0.988. The van der Waals surface area contributed by atoms with Crippen molar-refractivity contribution in [3.63, 3.8) is 0 Å². The third-order valence-electron chi connectivity index (χ3n) is 3.34. The summed E-state index contributed by atoms with van der Waals surface area (Å²) in [6.45, 7) is 3.90. The highest BCUT2D eigenvalue weighted by Crippen LogP contribution is 2.33. The highest BCUT2D eigenvalue weighted by Gasteiger charge is 2.09. The molecule has 0 saturated carbocycles. The van der Waals surface area contributed by atoms with Crippen LogP contribution in [0.25, 0.3) is 28.5 Å². The van der Waals surface area contributed by atoms with Crippen LogP contribution >= 0.6 is 0 Å². The van der Waals surface area contributed by atoms with Gasteiger partial charge in [0, 0.05) is 11.8 Å². The molecule has 0 N–H and O–H groups in total. The number of aromatic nitrogens is 1. The summed E-state index contributed by atoms with van der Waals surface area (Å²) in [5.41, 5.74) is 5.63. The second-order valence-electron chi connectivity index (χ2n) is 4.55. The van der Waals surface area contributed by atoms with E-state index in [1.54, 1.807) is 0 Å². The van der Waals surface area contributed by atoms with E-state index in [2.05, 4.69) is 48.0 Å². The van der Waals surface area contributed by atoms with E-state index in [-0.39, 0.29) is 0 Å². The second kappa shape index (κ2) is 5.54. The summed E-state index contributed by atoms with van der Waals surface area (Å²) in [4.78, 5) is 4.46. The van der Waals surface area contributed by atoms with Crippen LogP contribution in [0.4, 0.5) is 0 Å². The van der Waals surface area contributed by atoms with E-state index in [9.17, 15) is 0 Å². The highest BCUT2D eigenvalue weighted by molar-refractivity contribution is 5.86. The SMILES string of the molecule is C=Cc1ccccc1-c1ccccc1-c1ccccn1. The maximum atomic E-state index is 4.46. The average Bonchev–Trinajstić information content (AvgIpc) is 2.55. The van der Waals surface area contributed by atoms with Crippen LogP contribution in [0.3, 0.4) is 0 Å². The standard InChI is InChI=1S/C19H15N/c1-2-15-9-3-4-10-16(15)17-11-5-6-12-18(17)19-13-7-8-14-20-19/h2-14H,1H2. The lowest BCUT2D eigenvalue weighted by Crippen LogP contribution is -1.89. The molecular weight excluding hydrogens is 242 g/mol. The van der Waals surface area contributed by atoms with Gasteiger partial charge in [0.2, 0.25) is 0 Å². The first-order valence-corrected chi connectivity index (χ1v) is 6.62. The first-order chi connectivity index (χ1) is 9.90. The molecule has 3 rings (SSSR count). The van der Waals surface area contributed by atoms with Crippen molar-refractivity contribution in [2.45, 2.75) is 0 Å². The smallest absolute Gasteiger partial charge is 0.0708 e. The van der Waals surface area contributed by atoms with Crippen molar-refractivity contribution in [3.05, 3.63) is 85.1 Å². The summed E-state index contributed by atoms with van der Waals surface area (Å²) >= 11 is 0. The molecule has 3 aromatic rings. The number of rotatable bonds is 3. The number of pyridine rings is 1. The van der Waals surface area contributed by atoms with Crippen molar-refractivity contribution < 1.29 is 0 Å². The Bertz CT molecular complexity index is 730. The molecule has 0 aliphatic rings. The Morgan fingerprint density at radius 3 is 2.05 bits per heavy atom. The van der Waals surface area contributed by atoms with Gasteiger partial charge < -0.3 is 0 Å². The van der Waals surface area contributed by atoms with Gasteiger partial charge >= 0.3 is 0 Å². The van der Waals surface area contributed by atoms with Crippen LogP contribution in [0, 0.1) is 0 Å². The highest BCUT2D eigenvalue weighted by atomic mass is 14.7. The Morgan fingerprint density at radius 2 is 1.35 bits per heavy atom. The van der Waals surface area contributed by atoms with Crippen molar-refractivity contribution in [1.82, 2.24) is 4.98 Å². The van der Waals surface area contributed by atoms with E-state index in [0.717, 1.165) is 16.8 Å². The van der Waals surface area contributed by atoms with E-state index in [4.69, 9.17) is 0 Å². The molecule has 0 atom stereocenters. The Kier molecular flexibility index (Phi) is 3.42. The second-order valence-corrected chi connectivity index (χ2v) is 4.55. The monoisotopic (exact) mass is 257 g/mol. The fraction of sp³-hybridized carbons (Fsp3) is 0. The molecule has 2 aromatic carbocycles. The van der Waals surface area contributed by atoms with Crippen molar-refractivity contribution in [3.8, 4) is 22.4 Å². The van der Waals surface area contributed by atoms with E-state index < -0.39 is 0 Å². The van der Waals surface area contributed by atoms with Gasteiger partial charge in [0.25, 0.3) is 0 Å². The zero-order chi connectivity index (χ0) is 13.8. The summed E-state index contributed by atoms with van der Waals surface area (Å²) in [5, 5.41) is 0. The third kappa shape index (κ3) is 2.26. The summed E-state index contributed by atoms with van der Waals surface area (Å²) in [6, 6.07) is 22.6. The summed E-state index contributed by atoms with van der Waals surface area (Å²) < 4.78 is 0. The first-order valence-electron chi connectivity index (χ1n) is 6.62. The van der Waals surface area contributed by atoms with Gasteiger partial charge in [-0.3, -0.25) is 4.98 Å². The largest absolute Gasteiger partial charge is 0.256 e. The third-order valence-corrected chi connectivity index (χ3v) is 3.34. The molecule has 0 spiro atoms. The lowest BCUT2D eigenvalue weighted by Gasteiger charge is -2.11. The lowest BCUT2D eigenvalue weighted by atomic mass is 9.94. The van der Waals surface area contributed by atoms with Crippen molar-refractivity contribution >= 4 is 6.08 Å². The van der Waals surface area contributed by atoms with Gasteiger partial charge in [-0.25, -0.2) is 0 Å². The molecule has 0 radical (unpaired) electrons. The van der Waals surface area contributed by atoms with Gasteiger partial charge in [-0.1, -0.05) is 67.3 Å². The minimum atomic E-state index is 0.988. The molecule has 0 unspecified atom stereocenters. The molecule has 1 aromatic heterocycles. The Labute approximate surface area is 119 Å². The Morgan fingerprint density at radius 1 is 0.700 bits per heavy atom. The van der Waals surface area contributed by atoms with Crippen LogP contribution in [0.1, 0.15) is 5.56 Å². The first kappa shape index (κ1) is 12.4. The lowest BCUT2D eigenvalue weighted by molar-refractivity contribution is 1.33. The molecule has 0 saturated heterocycles. The zero-order valence-electron chi connectivity index (χ0n) is 11.2. The van der Waals surface area contributed by atoms with Gasteiger partial charge in [0.05, 0.1) is 5.69 Å². The average molecular weight is 257 g/mol. The fourth-order valence-corrected chi connectivity index (χ4v) is 2.38. The van der Waals surface area contributed by atoms with Gasteiger partial charge in [-0.15, -0.1) is 0 Å². The molecule has 0 bridgehead atoms. The molecule has 0 aliphatic heterocycles. The Balaban J connectivity index is 2.23. The van der Waals surface area contributed by atoms with Gasteiger partial charge in [0.15, 0.2) is 0 Å². The predicted molar refractivity (Wildman–Crippen MR) is 85.2 cm³/mol. The topological polar surface area (TPSA) is 12.9 Å². The van der Waals surface area contributed by atoms with E-state index in [1.165, 1.54) is 11.1 Å². The van der Waals surface area contributed by atoms with Gasteiger partial charge in [-0.2, -0.15) is 0 Å². The maximum Gasteiger partial charge on any atom is 0.0708 e. The van der Waals surface area contributed by atoms with Crippen molar-refractivity contribution in [2.75, 3.05) is 0 Å². The number of nitrogens with zero attached hydrogens (tertiary/aromatic N) is 1. The summed E-state index contributed by atoms with van der Waals surface area (Å²) in [5.74, 6) is 0. The van der Waals surface area contributed by atoms with Crippen LogP contribution in [0.2, 0.25) is 0 Å². The molecule has 1 heteroatoms. The van der Waals surface area contributed by atoms with Crippen LogP contribution in [-0.4, -0.2) is 4.98 Å². The minimum Gasteiger partial charge on any atom is -0.256 e. The number of hydrogen-bond acceptors (Lipinski definition) is 1. The molecule has 20 heavy (non-hydrogen) atoms. The van der Waals surface area contributed by atoms with Crippen LogP contribution in [0.15, 0.2) is 79.5 Å². The predicted octanol–water partition coefficient (Wildman–Crippen LogP) is 5.06. The molecule has 96 valence electrons. The summed E-state index contributed by atoms with van der Waals surface area (Å²) in [7, 11) is 0. The molecule has 1 heterocycles. The zero-order valence-corrected chi connectivity index (χ0v) is 11.2. The Hall–Kier alpha value is -2.67. The molecule has 0 fully saturated rings. The van der Waals surface area contributed by atoms with Gasteiger partial charge in [-0.05, 0) is 28.8 Å². The quantitative estimate of drug-likeness (QED) is 0.639. The number of benzene rings is 2. The van der Waals surface area contributed by atoms with Gasteiger partial charge in [0.1, 0.15) is 0 Å². The van der Waals surface area contributed by atoms with E-state index in [0.29, 0.717) is 0 Å². The summed E-state index contributed by atoms with van der Waals surface area (Å²) in [6.07, 6.45) is 3.72. The molecule has 0 amide bonds. The fourth-order valence-electron chi connectivity index (χ4n) is 2.38. The van der Waals surface area contributed by atoms with Crippen LogP contribution in [-0.2, 0) is 0 Å². The van der Waals surface area contributed by atoms with E-state index in [1.807, 2.05) is 42.6 Å². The normalized spacial score (nSPS) is 10.2. The van der Waals surface area contributed by atoms with Crippen molar-refractivity contribution in [2.24, 2.45) is 0 Å². The maximum absolute atomic E-state index is 4.46. The van der Waals surface area contributed by atoms with Crippen molar-refractivity contribution in [1.29, 1.82) is 0 Å². The molecule has 1 nitrogen and oxygen atoms in total. The molecular formula is C19H15N. The number of hydrogen-bond donors (Lipinski definition) is 0. The van der Waals surface area contributed by atoms with E-state index >= 15 is 0 Å². The van der Waals surface area contributed by atoms with Crippen LogP contribution in [0.5, 0.6) is 0 Å². The molecule has 0 aliphatic carbocycles. The van der Waals surface area contributed by atoms with Crippen LogP contribution < -0.4 is 0 Å².